The summed E-state index contributed by atoms with van der Waals surface area (Å²) in [5.41, 5.74) is 7.55. The predicted molar refractivity (Wildman–Crippen MR) is 69.8 cm³/mol. The lowest BCUT2D eigenvalue weighted by molar-refractivity contribution is 0.282. The van der Waals surface area contributed by atoms with Crippen LogP contribution >= 0.6 is 11.6 Å². The maximum atomic E-state index is 6.23. The molecule has 1 fully saturated rings. The fourth-order valence-electron chi connectivity index (χ4n) is 2.77. The van der Waals surface area contributed by atoms with Crippen molar-refractivity contribution in [3.8, 4) is 0 Å². The van der Waals surface area contributed by atoms with E-state index in [0.717, 1.165) is 17.4 Å². The van der Waals surface area contributed by atoms with Gasteiger partial charge in [-0.15, -0.1) is 0 Å². The summed E-state index contributed by atoms with van der Waals surface area (Å²) in [5, 5.41) is 0.823. The number of rotatable bonds is 2. The summed E-state index contributed by atoms with van der Waals surface area (Å²) in [4.78, 5) is 0. The number of hydrogen-bond donors (Lipinski definition) is 1. The lowest BCUT2D eigenvalue weighted by Gasteiger charge is -2.34. The predicted octanol–water partition coefficient (Wildman–Crippen LogP) is 3.96. The van der Waals surface area contributed by atoms with Crippen LogP contribution in [0.5, 0.6) is 0 Å². The van der Waals surface area contributed by atoms with Crippen molar-refractivity contribution in [3.63, 3.8) is 0 Å². The minimum Gasteiger partial charge on any atom is -0.327 e. The summed E-state index contributed by atoms with van der Waals surface area (Å²) in [6.45, 7) is 2.27. The van der Waals surface area contributed by atoms with Crippen LogP contribution in [-0.4, -0.2) is 6.04 Å². The Morgan fingerprint density at radius 3 is 2.88 bits per heavy atom. The van der Waals surface area contributed by atoms with Gasteiger partial charge in [0.2, 0.25) is 0 Å². The quantitative estimate of drug-likeness (QED) is 0.828. The van der Waals surface area contributed by atoms with Crippen molar-refractivity contribution in [2.75, 3.05) is 0 Å². The van der Waals surface area contributed by atoms with E-state index in [4.69, 9.17) is 17.3 Å². The first-order valence-corrected chi connectivity index (χ1v) is 6.59. The van der Waals surface area contributed by atoms with E-state index < -0.39 is 0 Å². The van der Waals surface area contributed by atoms with Crippen LogP contribution in [0.1, 0.15) is 44.1 Å². The highest BCUT2D eigenvalue weighted by molar-refractivity contribution is 6.30. The zero-order valence-corrected chi connectivity index (χ0v) is 10.6. The summed E-state index contributed by atoms with van der Waals surface area (Å²) >= 11 is 6.04. The molecule has 1 nitrogen and oxygen atoms in total. The highest BCUT2D eigenvalue weighted by Gasteiger charge is 2.28. The Kier molecular flexibility index (Phi) is 3.88. The molecule has 16 heavy (non-hydrogen) atoms. The van der Waals surface area contributed by atoms with Crippen molar-refractivity contribution in [1.29, 1.82) is 0 Å². The van der Waals surface area contributed by atoms with E-state index in [1.165, 1.54) is 24.8 Å². The smallest absolute Gasteiger partial charge is 0.0408 e. The zero-order chi connectivity index (χ0) is 11.5. The highest BCUT2D eigenvalue weighted by atomic mass is 35.5. The Balaban J connectivity index is 2.17. The van der Waals surface area contributed by atoms with Gasteiger partial charge in [-0.3, -0.25) is 0 Å². The van der Waals surface area contributed by atoms with E-state index >= 15 is 0 Å². The molecule has 0 bridgehead atoms. The van der Waals surface area contributed by atoms with E-state index in [1.54, 1.807) is 0 Å². The fraction of sp³-hybridized carbons (Fsp3) is 0.571. The standard InChI is InChI=1S/C14H20ClN/c1-2-10-6-7-14(16)13(8-10)11-4-3-5-12(15)9-11/h3-5,9-10,13-14H,2,6-8,16H2,1H3. The molecule has 3 atom stereocenters. The third-order valence-electron chi connectivity index (χ3n) is 3.87. The minimum atomic E-state index is 0.307. The first-order valence-electron chi connectivity index (χ1n) is 6.21. The van der Waals surface area contributed by atoms with Crippen LogP contribution in [0, 0.1) is 5.92 Å². The van der Waals surface area contributed by atoms with E-state index in [1.807, 2.05) is 12.1 Å². The normalized spacial score (nSPS) is 30.3. The molecule has 0 spiro atoms. The monoisotopic (exact) mass is 237 g/mol. The molecule has 0 aliphatic heterocycles. The maximum absolute atomic E-state index is 6.23. The van der Waals surface area contributed by atoms with Gasteiger partial charge in [-0.05, 0) is 48.8 Å². The van der Waals surface area contributed by atoms with E-state index in [2.05, 4.69) is 19.1 Å². The van der Waals surface area contributed by atoms with Crippen molar-refractivity contribution in [1.82, 2.24) is 0 Å². The van der Waals surface area contributed by atoms with Gasteiger partial charge in [0.1, 0.15) is 0 Å². The summed E-state index contributed by atoms with van der Waals surface area (Å²) in [7, 11) is 0. The third-order valence-corrected chi connectivity index (χ3v) is 4.10. The molecule has 1 aliphatic rings. The number of halogens is 1. The molecule has 0 radical (unpaired) electrons. The fourth-order valence-corrected chi connectivity index (χ4v) is 2.97. The molecule has 0 amide bonds. The molecule has 2 N–H and O–H groups in total. The van der Waals surface area contributed by atoms with Gasteiger partial charge in [0.15, 0.2) is 0 Å². The summed E-state index contributed by atoms with van der Waals surface area (Å²) < 4.78 is 0. The van der Waals surface area contributed by atoms with Crippen molar-refractivity contribution in [3.05, 3.63) is 34.9 Å². The van der Waals surface area contributed by atoms with Crippen LogP contribution in [0.3, 0.4) is 0 Å². The lowest BCUT2D eigenvalue weighted by atomic mass is 9.74. The van der Waals surface area contributed by atoms with Crippen molar-refractivity contribution in [2.24, 2.45) is 11.7 Å². The second-order valence-corrected chi connectivity index (χ2v) is 5.35. The van der Waals surface area contributed by atoms with Gasteiger partial charge >= 0.3 is 0 Å². The SMILES string of the molecule is CCC1CCC(N)C(c2cccc(Cl)c2)C1. The number of hydrogen-bond acceptors (Lipinski definition) is 1. The molecular formula is C14H20ClN. The zero-order valence-electron chi connectivity index (χ0n) is 9.83. The summed E-state index contributed by atoms with van der Waals surface area (Å²) in [6.07, 6.45) is 4.92. The van der Waals surface area contributed by atoms with Gasteiger partial charge in [-0.2, -0.15) is 0 Å². The second kappa shape index (κ2) is 5.20. The van der Waals surface area contributed by atoms with Crippen LogP contribution in [0.2, 0.25) is 5.02 Å². The van der Waals surface area contributed by atoms with Gasteiger partial charge in [0.25, 0.3) is 0 Å². The maximum Gasteiger partial charge on any atom is 0.0408 e. The average molecular weight is 238 g/mol. The molecule has 1 aromatic rings. The van der Waals surface area contributed by atoms with Gasteiger partial charge in [-0.1, -0.05) is 37.1 Å². The topological polar surface area (TPSA) is 26.0 Å². The van der Waals surface area contributed by atoms with Crippen molar-refractivity contribution in [2.45, 2.75) is 44.6 Å². The van der Waals surface area contributed by atoms with E-state index in [0.29, 0.717) is 12.0 Å². The molecule has 0 heterocycles. The second-order valence-electron chi connectivity index (χ2n) is 4.91. The van der Waals surface area contributed by atoms with Crippen LogP contribution in [0.15, 0.2) is 24.3 Å². The molecule has 1 aromatic carbocycles. The molecule has 3 unspecified atom stereocenters. The van der Waals surface area contributed by atoms with Gasteiger partial charge in [-0.25, -0.2) is 0 Å². The molecule has 88 valence electrons. The Hall–Kier alpha value is -0.530. The largest absolute Gasteiger partial charge is 0.327 e. The molecule has 0 aromatic heterocycles. The molecule has 1 aliphatic carbocycles. The van der Waals surface area contributed by atoms with Crippen LogP contribution in [-0.2, 0) is 0 Å². The Bertz CT molecular complexity index is 350. The van der Waals surface area contributed by atoms with Crippen molar-refractivity contribution < 1.29 is 0 Å². The molecule has 0 saturated heterocycles. The lowest BCUT2D eigenvalue weighted by Crippen LogP contribution is -2.34. The molecule has 2 heteroatoms. The Labute approximate surface area is 103 Å². The third kappa shape index (κ3) is 2.58. The van der Waals surface area contributed by atoms with Crippen molar-refractivity contribution >= 4 is 11.6 Å². The first kappa shape index (κ1) is 11.9. The van der Waals surface area contributed by atoms with Crippen LogP contribution < -0.4 is 5.73 Å². The number of nitrogens with two attached hydrogens (primary N) is 1. The molecular weight excluding hydrogens is 218 g/mol. The molecule has 2 rings (SSSR count). The summed E-state index contributed by atoms with van der Waals surface area (Å²) in [5.74, 6) is 1.33. The van der Waals surface area contributed by atoms with Gasteiger partial charge in [0.05, 0.1) is 0 Å². The summed E-state index contributed by atoms with van der Waals surface area (Å²) in [6, 6.07) is 8.50. The van der Waals surface area contributed by atoms with Gasteiger partial charge < -0.3 is 5.73 Å². The highest BCUT2D eigenvalue weighted by Crippen LogP contribution is 2.37. The Morgan fingerprint density at radius 1 is 1.38 bits per heavy atom. The number of benzene rings is 1. The average Bonchev–Trinajstić information content (AvgIpc) is 2.30. The van der Waals surface area contributed by atoms with Crippen LogP contribution in [0.4, 0.5) is 0 Å². The van der Waals surface area contributed by atoms with E-state index in [9.17, 15) is 0 Å². The first-order chi connectivity index (χ1) is 7.70. The Morgan fingerprint density at radius 2 is 2.19 bits per heavy atom. The molecule has 1 saturated carbocycles. The minimum absolute atomic E-state index is 0.307. The van der Waals surface area contributed by atoms with E-state index in [-0.39, 0.29) is 0 Å². The van der Waals surface area contributed by atoms with Gasteiger partial charge in [0, 0.05) is 11.1 Å². The van der Waals surface area contributed by atoms with Crippen LogP contribution in [0.25, 0.3) is 0 Å².